The third-order valence-electron chi connectivity index (χ3n) is 5.76. The van der Waals surface area contributed by atoms with Gasteiger partial charge in [0.1, 0.15) is 5.82 Å². The SMILES string of the molecule is Cc1ncc(C)n2nc(CCc3cc(N4CCOCC4)cc(N4CCC4)n3)nc12. The molecule has 0 amide bonds. The highest BCUT2D eigenvalue weighted by atomic mass is 16.5. The smallest absolute Gasteiger partial charge is 0.177 e. The number of fused-ring (bicyclic) bond motifs is 1. The lowest BCUT2D eigenvalue weighted by atomic mass is 10.1. The highest BCUT2D eigenvalue weighted by Gasteiger charge is 2.20. The van der Waals surface area contributed by atoms with Gasteiger partial charge in [0.25, 0.3) is 0 Å². The molecule has 29 heavy (non-hydrogen) atoms. The third-order valence-corrected chi connectivity index (χ3v) is 5.76. The van der Waals surface area contributed by atoms with Crippen molar-refractivity contribution in [1.29, 1.82) is 0 Å². The molecule has 2 aliphatic heterocycles. The largest absolute Gasteiger partial charge is 0.378 e. The van der Waals surface area contributed by atoms with E-state index in [1.807, 2.05) is 24.6 Å². The van der Waals surface area contributed by atoms with E-state index >= 15 is 0 Å². The summed E-state index contributed by atoms with van der Waals surface area (Å²) in [6, 6.07) is 4.46. The van der Waals surface area contributed by atoms with Gasteiger partial charge in [-0.2, -0.15) is 5.10 Å². The van der Waals surface area contributed by atoms with Gasteiger partial charge in [-0.15, -0.1) is 0 Å². The minimum absolute atomic E-state index is 0.763. The van der Waals surface area contributed by atoms with Crippen LogP contribution in [0, 0.1) is 13.8 Å². The number of aryl methyl sites for hydroxylation is 4. The van der Waals surface area contributed by atoms with Crippen LogP contribution in [0.3, 0.4) is 0 Å². The summed E-state index contributed by atoms with van der Waals surface area (Å²) in [5.41, 5.74) is 5.09. The summed E-state index contributed by atoms with van der Waals surface area (Å²) < 4.78 is 7.41. The number of anilines is 2. The third kappa shape index (κ3) is 3.64. The average Bonchev–Trinajstić information content (AvgIpc) is 3.14. The number of hydrogen-bond acceptors (Lipinski definition) is 7. The van der Waals surface area contributed by atoms with E-state index in [0.717, 1.165) is 86.6 Å². The summed E-state index contributed by atoms with van der Waals surface area (Å²) in [7, 11) is 0. The summed E-state index contributed by atoms with van der Waals surface area (Å²) in [6.07, 6.45) is 4.67. The van der Waals surface area contributed by atoms with E-state index in [0.29, 0.717) is 0 Å². The van der Waals surface area contributed by atoms with E-state index in [9.17, 15) is 0 Å². The van der Waals surface area contributed by atoms with Crippen molar-refractivity contribution < 1.29 is 4.74 Å². The lowest BCUT2D eigenvalue weighted by Crippen LogP contribution is -2.39. The van der Waals surface area contributed by atoms with E-state index in [1.165, 1.54) is 12.1 Å². The maximum Gasteiger partial charge on any atom is 0.177 e. The van der Waals surface area contributed by atoms with Crippen molar-refractivity contribution in [3.63, 3.8) is 0 Å². The molecule has 0 N–H and O–H groups in total. The first-order chi connectivity index (χ1) is 14.2. The van der Waals surface area contributed by atoms with Gasteiger partial charge in [0.05, 0.1) is 24.6 Å². The molecule has 0 aliphatic carbocycles. The zero-order valence-corrected chi connectivity index (χ0v) is 17.1. The van der Waals surface area contributed by atoms with Crippen molar-refractivity contribution in [1.82, 2.24) is 24.6 Å². The highest BCUT2D eigenvalue weighted by Crippen LogP contribution is 2.26. The predicted octanol–water partition coefficient (Wildman–Crippen LogP) is 1.97. The molecule has 152 valence electrons. The molecule has 5 rings (SSSR count). The summed E-state index contributed by atoms with van der Waals surface area (Å²) in [5, 5.41) is 4.69. The maximum atomic E-state index is 5.52. The number of morpholine rings is 1. The lowest BCUT2D eigenvalue weighted by Gasteiger charge is -2.34. The molecule has 3 aromatic heterocycles. The summed E-state index contributed by atoms with van der Waals surface area (Å²) in [5.74, 6) is 1.93. The standard InChI is InChI=1S/C21H27N7O/c1-15-14-22-16(2)21-24-19(25-28(15)21)5-4-17-12-18(26-8-10-29-11-9-26)13-20(23-17)27-6-3-7-27/h12-14H,3-11H2,1-2H3. The molecule has 0 unspecified atom stereocenters. The summed E-state index contributed by atoms with van der Waals surface area (Å²) in [4.78, 5) is 18.8. The second-order valence-electron chi connectivity index (χ2n) is 7.86. The fourth-order valence-corrected chi connectivity index (χ4v) is 3.88. The van der Waals surface area contributed by atoms with Gasteiger partial charge in [0.15, 0.2) is 11.5 Å². The molecule has 2 fully saturated rings. The highest BCUT2D eigenvalue weighted by molar-refractivity contribution is 5.57. The van der Waals surface area contributed by atoms with Crippen LogP contribution in [0.15, 0.2) is 18.3 Å². The van der Waals surface area contributed by atoms with Crippen LogP contribution in [0.5, 0.6) is 0 Å². The van der Waals surface area contributed by atoms with Crippen molar-refractivity contribution in [2.75, 3.05) is 49.2 Å². The van der Waals surface area contributed by atoms with Gasteiger partial charge in [0, 0.05) is 56.2 Å². The van der Waals surface area contributed by atoms with Crippen LogP contribution >= 0.6 is 0 Å². The van der Waals surface area contributed by atoms with Crippen LogP contribution in [-0.2, 0) is 17.6 Å². The van der Waals surface area contributed by atoms with Crippen LogP contribution in [0.2, 0.25) is 0 Å². The monoisotopic (exact) mass is 393 g/mol. The zero-order valence-electron chi connectivity index (χ0n) is 17.1. The number of hydrogen-bond donors (Lipinski definition) is 0. The number of aromatic nitrogens is 5. The Balaban J connectivity index is 1.40. The molecular formula is C21H27N7O. The second kappa shape index (κ2) is 7.59. The average molecular weight is 393 g/mol. The minimum Gasteiger partial charge on any atom is -0.378 e. The molecule has 2 aliphatic rings. The van der Waals surface area contributed by atoms with Crippen LogP contribution in [0.4, 0.5) is 11.5 Å². The van der Waals surface area contributed by atoms with Gasteiger partial charge in [0.2, 0.25) is 0 Å². The second-order valence-corrected chi connectivity index (χ2v) is 7.86. The first-order valence-corrected chi connectivity index (χ1v) is 10.4. The predicted molar refractivity (Wildman–Crippen MR) is 112 cm³/mol. The van der Waals surface area contributed by atoms with Gasteiger partial charge in [-0.05, 0) is 32.8 Å². The molecule has 0 radical (unpaired) electrons. The van der Waals surface area contributed by atoms with Crippen molar-refractivity contribution >= 4 is 17.2 Å². The zero-order chi connectivity index (χ0) is 19.8. The van der Waals surface area contributed by atoms with Gasteiger partial charge in [-0.3, -0.25) is 4.98 Å². The molecule has 0 atom stereocenters. The van der Waals surface area contributed by atoms with E-state index in [-0.39, 0.29) is 0 Å². The number of pyridine rings is 1. The van der Waals surface area contributed by atoms with E-state index in [4.69, 9.17) is 14.7 Å². The Morgan fingerprint density at radius 3 is 2.52 bits per heavy atom. The minimum atomic E-state index is 0.763. The Hall–Kier alpha value is -2.74. The molecule has 8 heteroatoms. The maximum absolute atomic E-state index is 5.52. The van der Waals surface area contributed by atoms with E-state index < -0.39 is 0 Å². The molecule has 0 saturated carbocycles. The Morgan fingerprint density at radius 2 is 1.79 bits per heavy atom. The molecular weight excluding hydrogens is 366 g/mol. The molecule has 2 saturated heterocycles. The first kappa shape index (κ1) is 18.3. The van der Waals surface area contributed by atoms with Gasteiger partial charge in [-0.25, -0.2) is 14.5 Å². The van der Waals surface area contributed by atoms with Crippen LogP contribution in [-0.4, -0.2) is 64.0 Å². The Kier molecular flexibility index (Phi) is 4.79. The van der Waals surface area contributed by atoms with Crippen LogP contribution < -0.4 is 9.80 Å². The Morgan fingerprint density at radius 1 is 0.966 bits per heavy atom. The van der Waals surface area contributed by atoms with Crippen molar-refractivity contribution in [3.05, 3.63) is 41.2 Å². The van der Waals surface area contributed by atoms with Gasteiger partial charge < -0.3 is 14.5 Å². The topological polar surface area (TPSA) is 71.7 Å². The summed E-state index contributed by atoms with van der Waals surface area (Å²) in [6.45, 7) is 9.61. The lowest BCUT2D eigenvalue weighted by molar-refractivity contribution is 0.122. The van der Waals surface area contributed by atoms with E-state index in [1.54, 1.807) is 0 Å². The van der Waals surface area contributed by atoms with Crippen molar-refractivity contribution in [3.8, 4) is 0 Å². The van der Waals surface area contributed by atoms with Gasteiger partial charge >= 0.3 is 0 Å². The fourth-order valence-electron chi connectivity index (χ4n) is 3.88. The molecule has 8 nitrogen and oxygen atoms in total. The normalized spacial score (nSPS) is 17.0. The van der Waals surface area contributed by atoms with Crippen LogP contribution in [0.1, 0.15) is 29.3 Å². The van der Waals surface area contributed by atoms with Crippen molar-refractivity contribution in [2.45, 2.75) is 33.1 Å². The first-order valence-electron chi connectivity index (χ1n) is 10.4. The quantitative estimate of drug-likeness (QED) is 0.656. The van der Waals surface area contributed by atoms with Crippen LogP contribution in [0.25, 0.3) is 5.65 Å². The van der Waals surface area contributed by atoms with Crippen molar-refractivity contribution in [2.24, 2.45) is 0 Å². The Bertz CT molecular complexity index is 982. The molecule has 0 aromatic carbocycles. The number of nitrogens with zero attached hydrogens (tertiary/aromatic N) is 7. The molecule has 3 aromatic rings. The molecule has 0 bridgehead atoms. The number of ether oxygens (including phenoxy) is 1. The summed E-state index contributed by atoms with van der Waals surface area (Å²) >= 11 is 0. The number of rotatable bonds is 5. The molecule has 0 spiro atoms. The fraction of sp³-hybridized carbons (Fsp3) is 0.524. The Labute approximate surface area is 170 Å². The van der Waals surface area contributed by atoms with E-state index in [2.05, 4.69) is 32.0 Å². The molecule has 5 heterocycles. The van der Waals surface area contributed by atoms with Gasteiger partial charge in [-0.1, -0.05) is 0 Å².